The molecule has 0 aliphatic carbocycles. The lowest BCUT2D eigenvalue weighted by Gasteiger charge is -2.19. The van der Waals surface area contributed by atoms with Crippen LogP contribution in [0.1, 0.15) is 44.7 Å². The number of ether oxygens (including phenoxy) is 2. The van der Waals surface area contributed by atoms with Crippen LogP contribution in [0.2, 0.25) is 10.0 Å². The summed E-state index contributed by atoms with van der Waals surface area (Å²) in [6.07, 6.45) is 0.407. The summed E-state index contributed by atoms with van der Waals surface area (Å²) in [6.45, 7) is 8.49. The molecule has 0 unspecified atom stereocenters. The zero-order chi connectivity index (χ0) is 26.7. The summed E-state index contributed by atoms with van der Waals surface area (Å²) in [5, 5.41) is 1.26. The molecule has 4 aromatic rings. The normalized spacial score (nSPS) is 11.5. The van der Waals surface area contributed by atoms with E-state index < -0.39 is 11.4 Å². The Morgan fingerprint density at radius 1 is 0.973 bits per heavy atom. The van der Waals surface area contributed by atoms with Gasteiger partial charge in [-0.3, -0.25) is 9.59 Å². The smallest absolute Gasteiger partial charge is 0.311 e. The Hall–Kier alpha value is -3.28. The van der Waals surface area contributed by atoms with Crippen molar-refractivity contribution in [3.05, 3.63) is 92.1 Å². The lowest BCUT2D eigenvalue weighted by atomic mass is 9.86. The molecule has 37 heavy (non-hydrogen) atoms. The van der Waals surface area contributed by atoms with Crippen LogP contribution in [0.15, 0.2) is 69.9 Å². The fourth-order valence-corrected chi connectivity index (χ4v) is 4.32. The standard InChI is InChI=1S/C30H28Cl2O5/c1-18-7-13-24-22(16-18)27(34)29(28(36-24)19-8-10-20(11-9-19)30(2,3)4)37-26(33)6-5-15-35-25-14-12-21(31)17-23(25)32/h7-14,16-17H,5-6,15H2,1-4H3. The molecule has 0 amide bonds. The predicted molar refractivity (Wildman–Crippen MR) is 148 cm³/mol. The van der Waals surface area contributed by atoms with Crippen LogP contribution in [0.25, 0.3) is 22.3 Å². The molecule has 5 nitrogen and oxygen atoms in total. The fraction of sp³-hybridized carbons (Fsp3) is 0.267. The van der Waals surface area contributed by atoms with Crippen molar-refractivity contribution in [1.82, 2.24) is 0 Å². The number of hydrogen-bond acceptors (Lipinski definition) is 5. The summed E-state index contributed by atoms with van der Waals surface area (Å²) in [4.78, 5) is 26.2. The average Bonchev–Trinajstić information content (AvgIpc) is 2.84. The summed E-state index contributed by atoms with van der Waals surface area (Å²) in [5.41, 5.74) is 2.69. The van der Waals surface area contributed by atoms with Gasteiger partial charge in [0.2, 0.25) is 11.2 Å². The van der Waals surface area contributed by atoms with Crippen molar-refractivity contribution in [1.29, 1.82) is 0 Å². The molecule has 1 heterocycles. The van der Waals surface area contributed by atoms with E-state index in [4.69, 9.17) is 37.1 Å². The third-order valence-corrected chi connectivity index (χ3v) is 6.44. The Morgan fingerprint density at radius 3 is 2.38 bits per heavy atom. The van der Waals surface area contributed by atoms with Crippen molar-refractivity contribution < 1.29 is 18.7 Å². The van der Waals surface area contributed by atoms with Crippen molar-refractivity contribution >= 4 is 40.1 Å². The second-order valence-electron chi connectivity index (χ2n) is 9.92. The molecule has 0 bridgehead atoms. The Balaban J connectivity index is 1.57. The van der Waals surface area contributed by atoms with Crippen LogP contribution < -0.4 is 14.9 Å². The molecule has 7 heteroatoms. The first-order chi connectivity index (χ1) is 17.5. The fourth-order valence-electron chi connectivity index (χ4n) is 3.85. The van der Waals surface area contributed by atoms with Gasteiger partial charge in [0.25, 0.3) is 0 Å². The molecule has 0 N–H and O–H groups in total. The Bertz CT molecular complexity index is 1500. The molecule has 0 radical (unpaired) electrons. The van der Waals surface area contributed by atoms with Crippen molar-refractivity contribution in [2.75, 3.05) is 6.61 Å². The molecule has 0 aliphatic rings. The minimum Gasteiger partial charge on any atom is -0.492 e. The van der Waals surface area contributed by atoms with Gasteiger partial charge in [-0.2, -0.15) is 0 Å². The Kier molecular flexibility index (Phi) is 7.96. The SMILES string of the molecule is Cc1ccc2oc(-c3ccc(C(C)(C)C)cc3)c(OC(=O)CCCOc3ccc(Cl)cc3Cl)c(=O)c2c1. The van der Waals surface area contributed by atoms with Crippen LogP contribution in [0.4, 0.5) is 0 Å². The van der Waals surface area contributed by atoms with Crippen molar-refractivity contribution in [2.45, 2.75) is 46.0 Å². The van der Waals surface area contributed by atoms with E-state index in [0.717, 1.165) is 11.1 Å². The van der Waals surface area contributed by atoms with Gasteiger partial charge in [-0.1, -0.05) is 79.9 Å². The first-order valence-electron chi connectivity index (χ1n) is 12.0. The van der Waals surface area contributed by atoms with Gasteiger partial charge in [0.1, 0.15) is 11.3 Å². The zero-order valence-electron chi connectivity index (χ0n) is 21.2. The number of hydrogen-bond donors (Lipinski definition) is 0. The first-order valence-corrected chi connectivity index (χ1v) is 12.8. The van der Waals surface area contributed by atoms with Crippen LogP contribution in [0.3, 0.4) is 0 Å². The van der Waals surface area contributed by atoms with E-state index in [1.165, 1.54) is 0 Å². The highest BCUT2D eigenvalue weighted by molar-refractivity contribution is 6.35. The molecule has 1 aromatic heterocycles. The monoisotopic (exact) mass is 538 g/mol. The van der Waals surface area contributed by atoms with Gasteiger partial charge in [0.05, 0.1) is 17.0 Å². The lowest BCUT2D eigenvalue weighted by molar-refractivity contribution is -0.134. The van der Waals surface area contributed by atoms with E-state index >= 15 is 0 Å². The van der Waals surface area contributed by atoms with E-state index in [1.807, 2.05) is 37.3 Å². The zero-order valence-corrected chi connectivity index (χ0v) is 22.7. The number of halogens is 2. The number of esters is 1. The van der Waals surface area contributed by atoms with Crippen LogP contribution >= 0.6 is 23.2 Å². The topological polar surface area (TPSA) is 65.7 Å². The molecular weight excluding hydrogens is 511 g/mol. The number of carbonyl (C=O) groups is 1. The summed E-state index contributed by atoms with van der Waals surface area (Å²) < 4.78 is 17.4. The largest absolute Gasteiger partial charge is 0.492 e. The van der Waals surface area contributed by atoms with Gasteiger partial charge < -0.3 is 13.9 Å². The molecule has 0 fully saturated rings. The van der Waals surface area contributed by atoms with Crippen LogP contribution in [0.5, 0.6) is 11.5 Å². The summed E-state index contributed by atoms with van der Waals surface area (Å²) in [7, 11) is 0. The number of carbonyl (C=O) groups excluding carboxylic acids is 1. The van der Waals surface area contributed by atoms with Gasteiger partial charge in [0, 0.05) is 17.0 Å². The lowest BCUT2D eigenvalue weighted by Crippen LogP contribution is -2.17. The molecule has 192 valence electrons. The van der Waals surface area contributed by atoms with Gasteiger partial charge >= 0.3 is 5.97 Å². The van der Waals surface area contributed by atoms with Gasteiger partial charge in [0.15, 0.2) is 5.76 Å². The molecule has 0 spiro atoms. The minimum absolute atomic E-state index is 0.0338. The Labute approximate surface area is 225 Å². The molecule has 0 atom stereocenters. The quantitative estimate of drug-likeness (QED) is 0.175. The van der Waals surface area contributed by atoms with Crippen LogP contribution in [-0.2, 0) is 10.2 Å². The maximum Gasteiger partial charge on any atom is 0.311 e. The second-order valence-corrected chi connectivity index (χ2v) is 10.8. The van der Waals surface area contributed by atoms with E-state index in [-0.39, 0.29) is 30.0 Å². The van der Waals surface area contributed by atoms with Crippen molar-refractivity contribution in [3.63, 3.8) is 0 Å². The van der Waals surface area contributed by atoms with Crippen molar-refractivity contribution in [2.24, 2.45) is 0 Å². The third-order valence-electron chi connectivity index (χ3n) is 5.91. The first kappa shape index (κ1) is 26.8. The van der Waals surface area contributed by atoms with E-state index in [2.05, 4.69) is 20.8 Å². The third kappa shape index (κ3) is 6.35. The number of rotatable bonds is 7. The predicted octanol–water partition coefficient (Wildman–Crippen LogP) is 8.14. The van der Waals surface area contributed by atoms with Crippen molar-refractivity contribution in [3.8, 4) is 22.8 Å². The van der Waals surface area contributed by atoms with Gasteiger partial charge in [-0.05, 0) is 54.7 Å². The summed E-state index contributed by atoms with van der Waals surface area (Å²) in [6, 6.07) is 18.0. The van der Waals surface area contributed by atoms with E-state index in [1.54, 1.807) is 30.3 Å². The average molecular weight is 539 g/mol. The molecule has 3 aromatic carbocycles. The van der Waals surface area contributed by atoms with Gasteiger partial charge in [-0.25, -0.2) is 0 Å². The molecule has 4 rings (SSSR count). The van der Waals surface area contributed by atoms with Crippen LogP contribution in [-0.4, -0.2) is 12.6 Å². The van der Waals surface area contributed by atoms with E-state index in [0.29, 0.717) is 38.7 Å². The summed E-state index contributed by atoms with van der Waals surface area (Å²) >= 11 is 12.0. The molecule has 0 aliphatic heterocycles. The summed E-state index contributed by atoms with van der Waals surface area (Å²) in [5.74, 6) is 0.0243. The maximum absolute atomic E-state index is 13.4. The number of fused-ring (bicyclic) bond motifs is 1. The minimum atomic E-state index is -0.558. The molecule has 0 saturated heterocycles. The Morgan fingerprint density at radius 2 is 1.70 bits per heavy atom. The second kappa shape index (κ2) is 11.0. The molecular formula is C30H28Cl2O5. The number of benzene rings is 3. The highest BCUT2D eigenvalue weighted by Gasteiger charge is 2.22. The van der Waals surface area contributed by atoms with Gasteiger partial charge in [-0.15, -0.1) is 0 Å². The molecule has 0 saturated carbocycles. The number of aryl methyl sites for hydroxylation is 1. The van der Waals surface area contributed by atoms with E-state index in [9.17, 15) is 9.59 Å². The van der Waals surface area contributed by atoms with Crippen LogP contribution in [0, 0.1) is 6.92 Å². The maximum atomic E-state index is 13.4. The highest BCUT2D eigenvalue weighted by Crippen LogP contribution is 2.33. The highest BCUT2D eigenvalue weighted by atomic mass is 35.5.